The summed E-state index contributed by atoms with van der Waals surface area (Å²) in [6, 6.07) is 5.81. The lowest BCUT2D eigenvalue weighted by atomic mass is 10.2. The van der Waals surface area contributed by atoms with Crippen LogP contribution in [0.25, 0.3) is 6.08 Å². The fourth-order valence-electron chi connectivity index (χ4n) is 1.21. The first-order chi connectivity index (χ1) is 9.11. The molecule has 0 radical (unpaired) electrons. The molecular formula is C13H15FN2O2S. The van der Waals surface area contributed by atoms with E-state index in [0.717, 1.165) is 5.56 Å². The van der Waals surface area contributed by atoms with Crippen LogP contribution in [-0.4, -0.2) is 31.3 Å². The SMILES string of the molecule is COCCNC(=S)NC(=O)/C=C/c1ccc(F)cc1. The molecule has 0 unspecified atom stereocenters. The van der Waals surface area contributed by atoms with Crippen LogP contribution in [0.15, 0.2) is 30.3 Å². The summed E-state index contributed by atoms with van der Waals surface area (Å²) in [6.07, 6.45) is 2.91. The van der Waals surface area contributed by atoms with Crippen LogP contribution in [0.3, 0.4) is 0 Å². The summed E-state index contributed by atoms with van der Waals surface area (Å²) in [5.74, 6) is -0.663. The molecule has 0 aliphatic rings. The molecule has 0 aliphatic heterocycles. The van der Waals surface area contributed by atoms with Crippen LogP contribution in [0.2, 0.25) is 0 Å². The molecule has 0 bridgehead atoms. The number of thiocarbonyl (C=S) groups is 1. The molecule has 4 nitrogen and oxygen atoms in total. The lowest BCUT2D eigenvalue weighted by Crippen LogP contribution is -2.39. The predicted molar refractivity (Wildman–Crippen MR) is 76.1 cm³/mol. The molecule has 0 spiro atoms. The van der Waals surface area contributed by atoms with Gasteiger partial charge in [-0.3, -0.25) is 10.1 Å². The van der Waals surface area contributed by atoms with Gasteiger partial charge in [0.25, 0.3) is 0 Å². The Morgan fingerprint density at radius 3 is 2.74 bits per heavy atom. The Hall–Kier alpha value is -1.79. The lowest BCUT2D eigenvalue weighted by molar-refractivity contribution is -0.115. The highest BCUT2D eigenvalue weighted by molar-refractivity contribution is 7.80. The van der Waals surface area contributed by atoms with E-state index in [1.165, 1.54) is 18.2 Å². The number of halogens is 1. The first-order valence-corrected chi connectivity index (χ1v) is 6.04. The Morgan fingerprint density at radius 1 is 1.42 bits per heavy atom. The van der Waals surface area contributed by atoms with Gasteiger partial charge in [0.1, 0.15) is 5.82 Å². The standard InChI is InChI=1S/C13H15FN2O2S/c1-18-9-8-15-13(19)16-12(17)7-4-10-2-5-11(14)6-3-10/h2-7H,8-9H2,1H3,(H2,15,16,17,19)/b7-4+. The molecule has 2 N–H and O–H groups in total. The minimum Gasteiger partial charge on any atom is -0.383 e. The number of nitrogens with one attached hydrogen (secondary N) is 2. The predicted octanol–water partition coefficient (Wildman–Crippen LogP) is 1.48. The Morgan fingerprint density at radius 2 is 2.11 bits per heavy atom. The van der Waals surface area contributed by atoms with Crippen LogP contribution in [0.1, 0.15) is 5.56 Å². The van der Waals surface area contributed by atoms with Crippen molar-refractivity contribution >= 4 is 29.3 Å². The average molecular weight is 282 g/mol. The molecule has 1 rings (SSSR count). The zero-order chi connectivity index (χ0) is 14.1. The van der Waals surface area contributed by atoms with Crippen molar-refractivity contribution in [2.75, 3.05) is 20.3 Å². The Kier molecular flexibility index (Phi) is 6.70. The average Bonchev–Trinajstić information content (AvgIpc) is 2.38. The maximum absolute atomic E-state index is 12.7. The van der Waals surface area contributed by atoms with E-state index in [4.69, 9.17) is 17.0 Å². The minimum absolute atomic E-state index is 0.241. The van der Waals surface area contributed by atoms with Crippen LogP contribution in [-0.2, 0) is 9.53 Å². The molecule has 102 valence electrons. The topological polar surface area (TPSA) is 50.4 Å². The normalized spacial score (nSPS) is 10.4. The highest BCUT2D eigenvalue weighted by atomic mass is 32.1. The number of hydrogen-bond acceptors (Lipinski definition) is 3. The molecule has 0 saturated carbocycles. The second-order valence-electron chi connectivity index (χ2n) is 3.62. The van der Waals surface area contributed by atoms with Crippen molar-refractivity contribution in [3.05, 3.63) is 41.7 Å². The summed E-state index contributed by atoms with van der Waals surface area (Å²) in [6.45, 7) is 1.03. The molecule has 0 atom stereocenters. The van der Waals surface area contributed by atoms with Crippen molar-refractivity contribution in [1.29, 1.82) is 0 Å². The second kappa shape index (κ2) is 8.34. The summed E-state index contributed by atoms with van der Waals surface area (Å²) in [4.78, 5) is 11.5. The highest BCUT2D eigenvalue weighted by Gasteiger charge is 1.99. The summed E-state index contributed by atoms with van der Waals surface area (Å²) in [5.41, 5.74) is 0.731. The van der Waals surface area contributed by atoms with Gasteiger partial charge in [0.15, 0.2) is 5.11 Å². The second-order valence-corrected chi connectivity index (χ2v) is 4.03. The van der Waals surface area contributed by atoms with Gasteiger partial charge >= 0.3 is 0 Å². The lowest BCUT2D eigenvalue weighted by Gasteiger charge is -2.06. The van der Waals surface area contributed by atoms with E-state index in [0.29, 0.717) is 13.2 Å². The number of hydrogen-bond donors (Lipinski definition) is 2. The van der Waals surface area contributed by atoms with Crippen molar-refractivity contribution in [3.63, 3.8) is 0 Å². The van der Waals surface area contributed by atoms with Crippen molar-refractivity contribution in [3.8, 4) is 0 Å². The van der Waals surface area contributed by atoms with Gasteiger partial charge in [0, 0.05) is 19.7 Å². The third-order valence-corrected chi connectivity index (χ3v) is 2.37. The first-order valence-electron chi connectivity index (χ1n) is 5.63. The Labute approximate surface area is 116 Å². The monoisotopic (exact) mass is 282 g/mol. The van der Waals surface area contributed by atoms with Gasteiger partial charge in [0.2, 0.25) is 5.91 Å². The molecular weight excluding hydrogens is 267 g/mol. The van der Waals surface area contributed by atoms with E-state index >= 15 is 0 Å². The first kappa shape index (κ1) is 15.3. The number of methoxy groups -OCH3 is 1. The number of benzene rings is 1. The summed E-state index contributed by atoms with van der Waals surface area (Å²) < 4.78 is 17.5. The largest absolute Gasteiger partial charge is 0.383 e. The number of carbonyl (C=O) groups is 1. The van der Waals surface area contributed by atoms with Crippen LogP contribution >= 0.6 is 12.2 Å². The Bertz CT molecular complexity index is 460. The van der Waals surface area contributed by atoms with E-state index < -0.39 is 0 Å². The van der Waals surface area contributed by atoms with Crippen molar-refractivity contribution in [2.45, 2.75) is 0 Å². The molecule has 0 aliphatic carbocycles. The summed E-state index contributed by atoms with van der Waals surface area (Å²) in [5, 5.41) is 5.54. The van der Waals surface area contributed by atoms with E-state index in [-0.39, 0.29) is 16.8 Å². The quantitative estimate of drug-likeness (QED) is 0.488. The van der Waals surface area contributed by atoms with Crippen LogP contribution in [0, 0.1) is 5.82 Å². The summed E-state index contributed by atoms with van der Waals surface area (Å²) in [7, 11) is 1.58. The molecule has 0 aromatic heterocycles. The smallest absolute Gasteiger partial charge is 0.250 e. The van der Waals surface area contributed by atoms with E-state index in [1.807, 2.05) is 0 Å². The summed E-state index contributed by atoms with van der Waals surface area (Å²) >= 11 is 4.91. The fraction of sp³-hybridized carbons (Fsp3) is 0.231. The molecule has 1 aromatic carbocycles. The maximum atomic E-state index is 12.7. The van der Waals surface area contributed by atoms with E-state index in [1.54, 1.807) is 25.3 Å². The van der Waals surface area contributed by atoms with Gasteiger partial charge in [-0.15, -0.1) is 0 Å². The molecule has 0 fully saturated rings. The van der Waals surface area contributed by atoms with Crippen molar-refractivity contribution in [2.24, 2.45) is 0 Å². The molecule has 6 heteroatoms. The molecule has 0 saturated heterocycles. The number of ether oxygens (including phenoxy) is 1. The highest BCUT2D eigenvalue weighted by Crippen LogP contribution is 2.04. The Balaban J connectivity index is 2.38. The fourth-order valence-corrected chi connectivity index (χ4v) is 1.41. The van der Waals surface area contributed by atoms with Crippen molar-refractivity contribution in [1.82, 2.24) is 10.6 Å². The number of amides is 1. The third-order valence-electron chi connectivity index (χ3n) is 2.13. The maximum Gasteiger partial charge on any atom is 0.250 e. The van der Waals surface area contributed by atoms with Crippen LogP contribution in [0.5, 0.6) is 0 Å². The van der Waals surface area contributed by atoms with E-state index in [2.05, 4.69) is 10.6 Å². The number of carbonyl (C=O) groups excluding carboxylic acids is 1. The van der Waals surface area contributed by atoms with Gasteiger partial charge < -0.3 is 10.1 Å². The van der Waals surface area contributed by atoms with Gasteiger partial charge in [-0.05, 0) is 36.0 Å². The van der Waals surface area contributed by atoms with Crippen LogP contribution < -0.4 is 10.6 Å². The third kappa shape index (κ3) is 6.64. The molecule has 1 aromatic rings. The van der Waals surface area contributed by atoms with Crippen molar-refractivity contribution < 1.29 is 13.9 Å². The van der Waals surface area contributed by atoms with Gasteiger partial charge in [0.05, 0.1) is 6.61 Å². The zero-order valence-corrected chi connectivity index (χ0v) is 11.3. The van der Waals surface area contributed by atoms with Gasteiger partial charge in [-0.25, -0.2) is 4.39 Å². The van der Waals surface area contributed by atoms with E-state index in [9.17, 15) is 9.18 Å². The number of rotatable bonds is 5. The van der Waals surface area contributed by atoms with Gasteiger partial charge in [-0.1, -0.05) is 12.1 Å². The van der Waals surface area contributed by atoms with Gasteiger partial charge in [-0.2, -0.15) is 0 Å². The zero-order valence-electron chi connectivity index (χ0n) is 10.5. The molecule has 19 heavy (non-hydrogen) atoms. The van der Waals surface area contributed by atoms with Crippen LogP contribution in [0.4, 0.5) is 4.39 Å². The molecule has 0 heterocycles. The molecule has 1 amide bonds. The minimum atomic E-state index is -0.348.